The summed E-state index contributed by atoms with van der Waals surface area (Å²) in [5.74, 6) is 2.56. The van der Waals surface area contributed by atoms with Crippen molar-refractivity contribution in [2.75, 3.05) is 60.0 Å². The molecule has 0 radical (unpaired) electrons. The Morgan fingerprint density at radius 1 is 1.33 bits per heavy atom. The predicted octanol–water partition coefficient (Wildman–Crippen LogP) is 1.26. The molecule has 0 aliphatic carbocycles. The van der Waals surface area contributed by atoms with Crippen LogP contribution in [0.3, 0.4) is 0 Å². The molecule has 0 amide bonds. The van der Waals surface area contributed by atoms with Crippen molar-refractivity contribution in [1.82, 2.24) is 15.1 Å². The number of nitrogens with one attached hydrogen (secondary N) is 1. The van der Waals surface area contributed by atoms with E-state index in [0.29, 0.717) is 5.92 Å². The molecule has 2 aliphatic heterocycles. The lowest BCUT2D eigenvalue weighted by Gasteiger charge is -2.31. The number of nitrogens with zero attached hydrogens (tertiary/aromatic N) is 3. The summed E-state index contributed by atoms with van der Waals surface area (Å²) >= 11 is 0. The Labute approximate surface area is 129 Å². The third-order valence-electron chi connectivity index (χ3n) is 4.72. The first-order valence-electron chi connectivity index (χ1n) is 8.41. The van der Waals surface area contributed by atoms with Gasteiger partial charge < -0.3 is 19.9 Å². The van der Waals surface area contributed by atoms with Crippen molar-refractivity contribution >= 4 is 5.96 Å². The molecule has 21 heavy (non-hydrogen) atoms. The number of guanidine groups is 1. The van der Waals surface area contributed by atoms with Crippen LogP contribution in [0.5, 0.6) is 0 Å². The van der Waals surface area contributed by atoms with Crippen LogP contribution in [0.25, 0.3) is 0 Å². The molecule has 2 aliphatic rings. The van der Waals surface area contributed by atoms with Gasteiger partial charge >= 0.3 is 0 Å². The molecule has 0 aromatic heterocycles. The average molecular weight is 296 g/mol. The van der Waals surface area contributed by atoms with Crippen molar-refractivity contribution in [2.45, 2.75) is 26.2 Å². The predicted molar refractivity (Wildman–Crippen MR) is 87.8 cm³/mol. The molecular formula is C16H32N4O. The van der Waals surface area contributed by atoms with Gasteiger partial charge in [0.2, 0.25) is 0 Å². The zero-order valence-electron chi connectivity index (χ0n) is 14.0. The van der Waals surface area contributed by atoms with E-state index in [2.05, 4.69) is 34.1 Å². The van der Waals surface area contributed by atoms with Gasteiger partial charge in [0.25, 0.3) is 0 Å². The van der Waals surface area contributed by atoms with E-state index in [9.17, 15) is 0 Å². The Balaban J connectivity index is 1.64. The standard InChI is InChI=1S/C16H32N4O/c1-14-4-8-20(9-5-14)10-7-18-16(17-2)19(3)12-15-6-11-21-13-15/h14-15H,4-13H2,1-3H3,(H,17,18). The average Bonchev–Trinajstić information content (AvgIpc) is 2.98. The third-order valence-corrected chi connectivity index (χ3v) is 4.72. The first-order valence-corrected chi connectivity index (χ1v) is 8.41. The monoisotopic (exact) mass is 296 g/mol. The number of hydrogen-bond donors (Lipinski definition) is 1. The van der Waals surface area contributed by atoms with Crippen LogP contribution in [0.1, 0.15) is 26.2 Å². The number of rotatable bonds is 5. The van der Waals surface area contributed by atoms with Gasteiger partial charge in [-0.1, -0.05) is 6.92 Å². The fourth-order valence-electron chi connectivity index (χ4n) is 3.20. The Morgan fingerprint density at radius 3 is 2.71 bits per heavy atom. The molecule has 0 spiro atoms. The summed E-state index contributed by atoms with van der Waals surface area (Å²) in [5, 5.41) is 3.50. The van der Waals surface area contributed by atoms with Gasteiger partial charge in [-0.3, -0.25) is 4.99 Å². The summed E-state index contributed by atoms with van der Waals surface area (Å²) in [4.78, 5) is 9.19. The van der Waals surface area contributed by atoms with Gasteiger partial charge in [0.15, 0.2) is 5.96 Å². The van der Waals surface area contributed by atoms with E-state index in [-0.39, 0.29) is 0 Å². The third kappa shape index (κ3) is 5.47. The van der Waals surface area contributed by atoms with Crippen LogP contribution in [-0.4, -0.2) is 75.8 Å². The van der Waals surface area contributed by atoms with Crippen molar-refractivity contribution in [3.63, 3.8) is 0 Å². The fourth-order valence-corrected chi connectivity index (χ4v) is 3.20. The number of aliphatic imine (C=N–C) groups is 1. The largest absolute Gasteiger partial charge is 0.381 e. The maximum Gasteiger partial charge on any atom is 0.193 e. The lowest BCUT2D eigenvalue weighted by Crippen LogP contribution is -2.45. The van der Waals surface area contributed by atoms with E-state index < -0.39 is 0 Å². The molecule has 0 aromatic rings. The van der Waals surface area contributed by atoms with Gasteiger partial charge in [0.05, 0.1) is 6.61 Å². The smallest absolute Gasteiger partial charge is 0.193 e. The summed E-state index contributed by atoms with van der Waals surface area (Å²) in [5.41, 5.74) is 0. The Morgan fingerprint density at radius 2 is 2.10 bits per heavy atom. The molecule has 5 nitrogen and oxygen atoms in total. The van der Waals surface area contributed by atoms with Crippen LogP contribution >= 0.6 is 0 Å². The van der Waals surface area contributed by atoms with Gasteiger partial charge in [0, 0.05) is 46.3 Å². The first kappa shape index (κ1) is 16.6. The molecule has 0 saturated carbocycles. The van der Waals surface area contributed by atoms with Crippen molar-refractivity contribution in [2.24, 2.45) is 16.8 Å². The molecule has 5 heteroatoms. The minimum atomic E-state index is 0.650. The Kier molecular flexibility index (Phi) is 6.77. The van der Waals surface area contributed by atoms with Gasteiger partial charge in [-0.25, -0.2) is 0 Å². The van der Waals surface area contributed by atoms with Crippen molar-refractivity contribution in [3.8, 4) is 0 Å². The van der Waals surface area contributed by atoms with Gasteiger partial charge in [0.1, 0.15) is 0 Å². The summed E-state index contributed by atoms with van der Waals surface area (Å²) < 4.78 is 5.45. The Bertz CT molecular complexity index is 320. The number of likely N-dealkylation sites (tertiary alicyclic amines) is 1. The number of ether oxygens (including phenoxy) is 1. The van der Waals surface area contributed by atoms with E-state index in [4.69, 9.17) is 4.74 Å². The number of piperidine rings is 1. The summed E-state index contributed by atoms with van der Waals surface area (Å²) in [6.45, 7) is 9.79. The van der Waals surface area contributed by atoms with Gasteiger partial charge in [-0.2, -0.15) is 0 Å². The molecule has 2 fully saturated rings. The second-order valence-electron chi connectivity index (χ2n) is 6.61. The van der Waals surface area contributed by atoms with E-state index in [1.165, 1.54) is 32.4 Å². The van der Waals surface area contributed by atoms with E-state index in [1.807, 2.05) is 7.05 Å². The van der Waals surface area contributed by atoms with Crippen LogP contribution in [0.4, 0.5) is 0 Å². The molecular weight excluding hydrogens is 264 g/mol. The van der Waals surface area contributed by atoms with Crippen molar-refractivity contribution in [1.29, 1.82) is 0 Å². The van der Waals surface area contributed by atoms with E-state index in [0.717, 1.165) is 44.7 Å². The summed E-state index contributed by atoms with van der Waals surface area (Å²) in [6.07, 6.45) is 3.86. The maximum atomic E-state index is 5.45. The fraction of sp³-hybridized carbons (Fsp3) is 0.938. The minimum absolute atomic E-state index is 0.650. The maximum absolute atomic E-state index is 5.45. The van der Waals surface area contributed by atoms with Crippen LogP contribution in [0.2, 0.25) is 0 Å². The highest BCUT2D eigenvalue weighted by Crippen LogP contribution is 2.15. The number of hydrogen-bond acceptors (Lipinski definition) is 3. The Hall–Kier alpha value is -0.810. The van der Waals surface area contributed by atoms with Crippen molar-refractivity contribution < 1.29 is 4.74 Å². The molecule has 2 rings (SSSR count). The minimum Gasteiger partial charge on any atom is -0.381 e. The lowest BCUT2D eigenvalue weighted by molar-refractivity contribution is 0.180. The van der Waals surface area contributed by atoms with Crippen LogP contribution in [0, 0.1) is 11.8 Å². The van der Waals surface area contributed by atoms with Crippen LogP contribution in [-0.2, 0) is 4.74 Å². The second-order valence-corrected chi connectivity index (χ2v) is 6.61. The van der Waals surface area contributed by atoms with Crippen LogP contribution in [0.15, 0.2) is 4.99 Å². The van der Waals surface area contributed by atoms with Gasteiger partial charge in [-0.15, -0.1) is 0 Å². The normalized spacial score (nSPS) is 25.3. The lowest BCUT2D eigenvalue weighted by atomic mass is 9.99. The molecule has 2 saturated heterocycles. The van der Waals surface area contributed by atoms with Crippen LogP contribution < -0.4 is 5.32 Å². The van der Waals surface area contributed by atoms with Gasteiger partial charge in [-0.05, 0) is 38.3 Å². The topological polar surface area (TPSA) is 40.1 Å². The molecule has 122 valence electrons. The summed E-state index contributed by atoms with van der Waals surface area (Å²) in [7, 11) is 3.99. The quantitative estimate of drug-likeness (QED) is 0.612. The first-order chi connectivity index (χ1) is 10.2. The zero-order valence-corrected chi connectivity index (χ0v) is 14.0. The molecule has 0 bridgehead atoms. The van der Waals surface area contributed by atoms with E-state index in [1.54, 1.807) is 0 Å². The highest BCUT2D eigenvalue weighted by molar-refractivity contribution is 5.79. The second kappa shape index (κ2) is 8.59. The molecule has 1 N–H and O–H groups in total. The van der Waals surface area contributed by atoms with Crippen molar-refractivity contribution in [3.05, 3.63) is 0 Å². The molecule has 0 aromatic carbocycles. The zero-order chi connectivity index (χ0) is 15.1. The molecule has 1 unspecified atom stereocenters. The molecule has 1 atom stereocenters. The van der Waals surface area contributed by atoms with E-state index >= 15 is 0 Å². The molecule has 2 heterocycles. The highest BCUT2D eigenvalue weighted by Gasteiger charge is 2.19. The summed E-state index contributed by atoms with van der Waals surface area (Å²) in [6, 6.07) is 0. The SMILES string of the molecule is CN=C(NCCN1CCC(C)CC1)N(C)CC1CCOC1. The highest BCUT2D eigenvalue weighted by atomic mass is 16.5.